The summed E-state index contributed by atoms with van der Waals surface area (Å²) in [5, 5.41) is 3.43. The van der Waals surface area contributed by atoms with Crippen LogP contribution in [0.1, 0.15) is 24.6 Å². The normalized spacial score (nSPS) is 21.2. The van der Waals surface area contributed by atoms with Crippen molar-refractivity contribution in [3.05, 3.63) is 58.5 Å². The number of rotatable bonds is 3. The van der Waals surface area contributed by atoms with Crippen LogP contribution in [0.4, 0.5) is 13.2 Å². The summed E-state index contributed by atoms with van der Waals surface area (Å²) in [5.74, 6) is 0.704. The number of hydrogen-bond donors (Lipinski definition) is 0. The molecule has 116 valence electrons. The fourth-order valence-electron chi connectivity index (χ4n) is 2.36. The molecule has 0 N–H and O–H groups in total. The van der Waals surface area contributed by atoms with Crippen molar-refractivity contribution in [2.75, 3.05) is 0 Å². The van der Waals surface area contributed by atoms with Gasteiger partial charge in [0.15, 0.2) is 5.69 Å². The molecule has 1 aromatic heterocycles. The van der Waals surface area contributed by atoms with E-state index in [9.17, 15) is 18.0 Å². The van der Waals surface area contributed by atoms with Gasteiger partial charge in [-0.25, -0.2) is 4.68 Å². The summed E-state index contributed by atoms with van der Waals surface area (Å²) in [7, 11) is 0. The highest BCUT2D eigenvalue weighted by Gasteiger charge is 2.37. The summed E-state index contributed by atoms with van der Waals surface area (Å²) in [5.41, 5.74) is -1.59. The molecule has 0 spiro atoms. The molecule has 1 aliphatic carbocycles. The van der Waals surface area contributed by atoms with E-state index in [0.29, 0.717) is 24.7 Å². The second kappa shape index (κ2) is 5.47. The molecule has 0 bridgehead atoms. The van der Waals surface area contributed by atoms with Gasteiger partial charge in [0, 0.05) is 18.9 Å². The smallest absolute Gasteiger partial charge is 0.435 e. The van der Waals surface area contributed by atoms with E-state index < -0.39 is 17.4 Å². The molecule has 1 fully saturated rings. The topological polar surface area (TPSA) is 44.1 Å². The molecule has 0 saturated heterocycles. The maximum Gasteiger partial charge on any atom is 0.435 e. The molecular formula is C15H13F3N2O2. The molecule has 1 saturated carbocycles. The lowest BCUT2D eigenvalue weighted by Crippen LogP contribution is -2.41. The summed E-state index contributed by atoms with van der Waals surface area (Å²) in [6.45, 7) is 0. The predicted octanol–water partition coefficient (Wildman–Crippen LogP) is 3.04. The van der Waals surface area contributed by atoms with Crippen LogP contribution >= 0.6 is 0 Å². The zero-order valence-electron chi connectivity index (χ0n) is 11.5. The minimum Gasteiger partial charge on any atom is -0.490 e. The molecule has 1 aromatic carbocycles. The molecule has 1 heterocycles. The average Bonchev–Trinajstić information content (AvgIpc) is 2.43. The van der Waals surface area contributed by atoms with Crippen LogP contribution in [0.5, 0.6) is 5.75 Å². The number of hydrogen-bond acceptors (Lipinski definition) is 3. The molecule has 4 nitrogen and oxygen atoms in total. The molecule has 0 unspecified atom stereocenters. The molecule has 2 aromatic rings. The summed E-state index contributed by atoms with van der Waals surface area (Å²) >= 11 is 0. The first-order valence-electron chi connectivity index (χ1n) is 6.82. The SMILES string of the molecule is O=c1ccc(C(F)(F)F)nn1C1CC(Oc2ccccc2)C1. The third-order valence-corrected chi connectivity index (χ3v) is 3.58. The van der Waals surface area contributed by atoms with Gasteiger partial charge < -0.3 is 4.74 Å². The van der Waals surface area contributed by atoms with Crippen LogP contribution in [0.3, 0.4) is 0 Å². The Kier molecular flexibility index (Phi) is 3.64. The molecule has 22 heavy (non-hydrogen) atoms. The first-order chi connectivity index (χ1) is 10.4. The number of nitrogens with zero attached hydrogens (tertiary/aromatic N) is 2. The minimum atomic E-state index is -4.56. The standard InChI is InChI=1S/C15H13F3N2O2/c16-15(17,18)13-6-7-14(21)20(19-13)10-8-12(9-10)22-11-4-2-1-3-5-11/h1-7,10,12H,8-9H2. The maximum atomic E-state index is 12.6. The highest BCUT2D eigenvalue weighted by atomic mass is 19.4. The Balaban J connectivity index is 1.69. The van der Waals surface area contributed by atoms with Crippen LogP contribution in [-0.2, 0) is 6.18 Å². The monoisotopic (exact) mass is 310 g/mol. The van der Waals surface area contributed by atoms with Gasteiger partial charge in [-0.1, -0.05) is 18.2 Å². The quantitative estimate of drug-likeness (QED) is 0.875. The van der Waals surface area contributed by atoms with Crippen LogP contribution < -0.4 is 10.3 Å². The van der Waals surface area contributed by atoms with Gasteiger partial charge in [-0.2, -0.15) is 18.3 Å². The lowest BCUT2D eigenvalue weighted by atomic mass is 9.89. The Labute approximate surface area is 124 Å². The van der Waals surface area contributed by atoms with Crippen molar-refractivity contribution >= 4 is 0 Å². The Hall–Kier alpha value is -2.31. The molecule has 0 aliphatic heterocycles. The number of para-hydroxylation sites is 1. The van der Waals surface area contributed by atoms with Crippen LogP contribution in [0, 0.1) is 0 Å². The highest BCUT2D eigenvalue weighted by Crippen LogP contribution is 2.34. The fraction of sp³-hybridized carbons (Fsp3) is 0.333. The van der Waals surface area contributed by atoms with Gasteiger partial charge in [-0.05, 0) is 18.2 Å². The van der Waals surface area contributed by atoms with E-state index >= 15 is 0 Å². The summed E-state index contributed by atoms with van der Waals surface area (Å²) in [6.07, 6.45) is -3.75. The predicted molar refractivity (Wildman–Crippen MR) is 72.6 cm³/mol. The van der Waals surface area contributed by atoms with Crippen molar-refractivity contribution in [3.8, 4) is 5.75 Å². The molecule has 3 rings (SSSR count). The van der Waals surface area contributed by atoms with Crippen molar-refractivity contribution in [1.82, 2.24) is 9.78 Å². The lowest BCUT2D eigenvalue weighted by Gasteiger charge is -2.35. The summed E-state index contributed by atoms with van der Waals surface area (Å²) < 4.78 is 44.5. The average molecular weight is 310 g/mol. The van der Waals surface area contributed by atoms with E-state index in [1.165, 1.54) is 0 Å². The number of ether oxygens (including phenoxy) is 1. The summed E-state index contributed by atoms with van der Waals surface area (Å²) in [4.78, 5) is 11.7. The van der Waals surface area contributed by atoms with Crippen molar-refractivity contribution < 1.29 is 17.9 Å². The van der Waals surface area contributed by atoms with Gasteiger partial charge >= 0.3 is 6.18 Å². The third-order valence-electron chi connectivity index (χ3n) is 3.58. The fourth-order valence-corrected chi connectivity index (χ4v) is 2.36. The van der Waals surface area contributed by atoms with E-state index in [-0.39, 0.29) is 12.1 Å². The van der Waals surface area contributed by atoms with E-state index in [0.717, 1.165) is 10.7 Å². The zero-order valence-corrected chi connectivity index (χ0v) is 11.5. The molecule has 0 amide bonds. The Morgan fingerprint density at radius 3 is 2.41 bits per heavy atom. The van der Waals surface area contributed by atoms with E-state index in [1.54, 1.807) is 0 Å². The third kappa shape index (κ3) is 2.98. The van der Waals surface area contributed by atoms with Gasteiger partial charge in [-0.15, -0.1) is 0 Å². The van der Waals surface area contributed by atoms with Crippen LogP contribution in [-0.4, -0.2) is 15.9 Å². The largest absolute Gasteiger partial charge is 0.490 e. The van der Waals surface area contributed by atoms with E-state index in [4.69, 9.17) is 4.74 Å². The summed E-state index contributed by atoms with van der Waals surface area (Å²) in [6, 6.07) is 10.4. The minimum absolute atomic E-state index is 0.115. The first kappa shape index (κ1) is 14.6. The first-order valence-corrected chi connectivity index (χ1v) is 6.82. The number of aromatic nitrogens is 2. The Morgan fingerprint density at radius 2 is 1.77 bits per heavy atom. The maximum absolute atomic E-state index is 12.6. The second-order valence-corrected chi connectivity index (χ2v) is 5.18. The number of alkyl halides is 3. The Morgan fingerprint density at radius 1 is 1.09 bits per heavy atom. The second-order valence-electron chi connectivity index (χ2n) is 5.18. The van der Waals surface area contributed by atoms with Gasteiger partial charge in [0.2, 0.25) is 0 Å². The van der Waals surface area contributed by atoms with Crippen molar-refractivity contribution in [2.45, 2.75) is 31.2 Å². The molecule has 0 atom stereocenters. The Bertz CT molecular complexity index is 707. The highest BCUT2D eigenvalue weighted by molar-refractivity contribution is 5.21. The lowest BCUT2D eigenvalue weighted by molar-refractivity contribution is -0.142. The van der Waals surface area contributed by atoms with Crippen molar-refractivity contribution in [1.29, 1.82) is 0 Å². The zero-order chi connectivity index (χ0) is 15.7. The van der Waals surface area contributed by atoms with Gasteiger partial charge in [0.05, 0.1) is 6.04 Å². The van der Waals surface area contributed by atoms with E-state index in [1.807, 2.05) is 30.3 Å². The van der Waals surface area contributed by atoms with Crippen LogP contribution in [0.2, 0.25) is 0 Å². The molecule has 1 aliphatic rings. The van der Waals surface area contributed by atoms with Crippen molar-refractivity contribution in [2.24, 2.45) is 0 Å². The van der Waals surface area contributed by atoms with Gasteiger partial charge in [0.1, 0.15) is 11.9 Å². The number of halogens is 3. The molecular weight excluding hydrogens is 297 g/mol. The molecule has 0 radical (unpaired) electrons. The van der Waals surface area contributed by atoms with Crippen LogP contribution in [0.15, 0.2) is 47.3 Å². The van der Waals surface area contributed by atoms with Gasteiger partial charge in [0.25, 0.3) is 5.56 Å². The van der Waals surface area contributed by atoms with Crippen LogP contribution in [0.25, 0.3) is 0 Å². The van der Waals surface area contributed by atoms with E-state index in [2.05, 4.69) is 5.10 Å². The number of benzene rings is 1. The molecule has 7 heteroatoms. The van der Waals surface area contributed by atoms with Gasteiger partial charge in [-0.3, -0.25) is 4.79 Å². The van der Waals surface area contributed by atoms with Crippen molar-refractivity contribution in [3.63, 3.8) is 0 Å².